The highest BCUT2D eigenvalue weighted by Crippen LogP contribution is 2.38. The largest absolute Gasteiger partial charge is 0.361 e. The van der Waals surface area contributed by atoms with Gasteiger partial charge in [0, 0.05) is 23.5 Å². The molecule has 0 unspecified atom stereocenters. The molecule has 1 N–H and O–H groups in total. The first kappa shape index (κ1) is 14.2. The van der Waals surface area contributed by atoms with Crippen LogP contribution in [0.5, 0.6) is 0 Å². The van der Waals surface area contributed by atoms with E-state index in [1.54, 1.807) is 12.1 Å². The van der Waals surface area contributed by atoms with Gasteiger partial charge in [-0.05, 0) is 41.0 Å². The minimum absolute atomic E-state index is 0.116. The summed E-state index contributed by atoms with van der Waals surface area (Å²) >= 11 is 0. The van der Waals surface area contributed by atoms with Gasteiger partial charge in [-0.2, -0.15) is 0 Å². The van der Waals surface area contributed by atoms with Crippen molar-refractivity contribution in [1.29, 1.82) is 0 Å². The third kappa shape index (κ3) is 2.34. The van der Waals surface area contributed by atoms with Crippen molar-refractivity contribution in [2.75, 3.05) is 5.32 Å². The second kappa shape index (κ2) is 5.66. The van der Waals surface area contributed by atoms with Gasteiger partial charge in [-0.25, -0.2) is 0 Å². The molecule has 116 valence electrons. The van der Waals surface area contributed by atoms with Crippen molar-refractivity contribution >= 4 is 17.5 Å². The minimum atomic E-state index is -0.339. The summed E-state index contributed by atoms with van der Waals surface area (Å²) in [6, 6.07) is 20.8. The molecule has 0 spiro atoms. The smallest absolute Gasteiger partial charge is 0.277 e. The van der Waals surface area contributed by atoms with Gasteiger partial charge in [-0.15, -0.1) is 0 Å². The zero-order valence-corrected chi connectivity index (χ0v) is 12.8. The van der Waals surface area contributed by atoms with Gasteiger partial charge >= 0.3 is 0 Å². The third-order valence-electron chi connectivity index (χ3n) is 4.18. The Bertz CT molecular complexity index is 977. The number of benzene rings is 3. The normalized spacial score (nSPS) is 11.8. The molecule has 0 saturated carbocycles. The summed E-state index contributed by atoms with van der Waals surface area (Å²) in [6.07, 6.45) is 3.94. The van der Waals surface area contributed by atoms with Crippen LogP contribution in [0.1, 0.15) is 5.56 Å². The number of nitrogens with zero attached hydrogens (tertiary/aromatic N) is 1. The molecule has 0 fully saturated rings. The molecule has 3 aromatic rings. The Kier molecular flexibility index (Phi) is 3.35. The molecule has 0 atom stereocenters. The number of nitro benzene ring substituents is 1. The van der Waals surface area contributed by atoms with Crippen molar-refractivity contribution in [1.82, 2.24) is 0 Å². The fourth-order valence-corrected chi connectivity index (χ4v) is 3.05. The molecule has 4 heteroatoms. The molecule has 0 aliphatic carbocycles. The summed E-state index contributed by atoms with van der Waals surface area (Å²) in [4.78, 5) is 11.0. The van der Waals surface area contributed by atoms with Gasteiger partial charge in [0.05, 0.1) is 10.5 Å². The molecule has 24 heavy (non-hydrogen) atoms. The van der Waals surface area contributed by atoms with Gasteiger partial charge in [-0.3, -0.25) is 10.1 Å². The van der Waals surface area contributed by atoms with Crippen molar-refractivity contribution in [3.05, 3.63) is 88.6 Å². The van der Waals surface area contributed by atoms with Crippen LogP contribution in [0.15, 0.2) is 72.9 Å². The van der Waals surface area contributed by atoms with Crippen molar-refractivity contribution in [3.63, 3.8) is 0 Å². The quantitative estimate of drug-likeness (QED) is 0.514. The lowest BCUT2D eigenvalue weighted by atomic mass is 9.94. The zero-order chi connectivity index (χ0) is 16.5. The number of nitrogens with one attached hydrogen (secondary N) is 1. The molecule has 0 amide bonds. The molecule has 0 radical (unpaired) electrons. The summed E-state index contributed by atoms with van der Waals surface area (Å²) in [7, 11) is 0. The van der Waals surface area contributed by atoms with Crippen LogP contribution in [-0.4, -0.2) is 4.92 Å². The number of rotatable bonds is 2. The second-order valence-corrected chi connectivity index (χ2v) is 5.60. The molecule has 4 nitrogen and oxygen atoms in total. The second-order valence-electron chi connectivity index (χ2n) is 5.60. The van der Waals surface area contributed by atoms with Crippen LogP contribution in [0.25, 0.3) is 28.3 Å². The van der Waals surface area contributed by atoms with Crippen LogP contribution in [0, 0.1) is 10.1 Å². The molecule has 1 aliphatic heterocycles. The van der Waals surface area contributed by atoms with Crippen molar-refractivity contribution in [2.24, 2.45) is 0 Å². The van der Waals surface area contributed by atoms with Gasteiger partial charge in [0.2, 0.25) is 0 Å². The maximum atomic E-state index is 11.3. The summed E-state index contributed by atoms with van der Waals surface area (Å²) in [5, 5.41) is 14.6. The minimum Gasteiger partial charge on any atom is -0.361 e. The third-order valence-corrected chi connectivity index (χ3v) is 4.18. The number of anilines is 1. The average molecular weight is 314 g/mol. The van der Waals surface area contributed by atoms with E-state index in [1.165, 1.54) is 6.07 Å². The topological polar surface area (TPSA) is 55.2 Å². The Hall–Kier alpha value is -3.40. The average Bonchev–Trinajstić information content (AvgIpc) is 2.80. The fraction of sp³-hybridized carbons (Fsp3) is 0. The van der Waals surface area contributed by atoms with E-state index in [4.69, 9.17) is 0 Å². The Morgan fingerprint density at radius 3 is 2.42 bits per heavy atom. The maximum Gasteiger partial charge on any atom is 0.277 e. The Labute approximate surface area is 139 Å². The van der Waals surface area contributed by atoms with Crippen molar-refractivity contribution in [2.45, 2.75) is 0 Å². The van der Waals surface area contributed by atoms with Crippen LogP contribution in [-0.2, 0) is 0 Å². The first-order valence-electron chi connectivity index (χ1n) is 7.64. The Morgan fingerprint density at radius 2 is 1.58 bits per heavy atom. The van der Waals surface area contributed by atoms with E-state index in [0.717, 1.165) is 27.9 Å². The molecule has 1 aliphatic rings. The monoisotopic (exact) mass is 314 g/mol. The molecule has 0 bridgehead atoms. The van der Waals surface area contributed by atoms with E-state index in [2.05, 4.69) is 17.4 Å². The van der Waals surface area contributed by atoms with E-state index < -0.39 is 0 Å². The van der Waals surface area contributed by atoms with Gasteiger partial charge < -0.3 is 5.32 Å². The molecule has 4 rings (SSSR count). The number of hydrogen-bond donors (Lipinski definition) is 1. The fourth-order valence-electron chi connectivity index (χ4n) is 3.05. The van der Waals surface area contributed by atoms with Crippen molar-refractivity contribution in [3.8, 4) is 22.3 Å². The van der Waals surface area contributed by atoms with E-state index in [9.17, 15) is 10.1 Å². The molecular weight excluding hydrogens is 300 g/mol. The Balaban J connectivity index is 1.93. The van der Waals surface area contributed by atoms with Gasteiger partial charge in [0.15, 0.2) is 0 Å². The van der Waals surface area contributed by atoms with Gasteiger partial charge in [0.25, 0.3) is 5.69 Å². The number of fused-ring (bicyclic) bond motifs is 3. The first-order valence-corrected chi connectivity index (χ1v) is 7.64. The van der Waals surface area contributed by atoms with E-state index in [1.807, 2.05) is 48.7 Å². The molecule has 0 saturated heterocycles. The predicted molar refractivity (Wildman–Crippen MR) is 96.6 cm³/mol. The summed E-state index contributed by atoms with van der Waals surface area (Å²) in [6.45, 7) is 0. The molecule has 3 aromatic carbocycles. The number of para-hydroxylation sites is 1. The highest BCUT2D eigenvalue weighted by Gasteiger charge is 2.17. The highest BCUT2D eigenvalue weighted by molar-refractivity contribution is 5.90. The SMILES string of the molecule is O=[N+]([O-])c1ccccc1-c1ccc2c(c1)-c1ccccc1C=CN2. The summed E-state index contributed by atoms with van der Waals surface area (Å²) < 4.78 is 0. The number of hydrogen-bond acceptors (Lipinski definition) is 3. The summed E-state index contributed by atoms with van der Waals surface area (Å²) in [5.74, 6) is 0. The maximum absolute atomic E-state index is 11.3. The lowest BCUT2D eigenvalue weighted by molar-refractivity contribution is -0.384. The predicted octanol–water partition coefficient (Wildman–Crippen LogP) is 5.33. The first-order chi connectivity index (χ1) is 11.7. The highest BCUT2D eigenvalue weighted by atomic mass is 16.6. The van der Waals surface area contributed by atoms with Crippen LogP contribution in [0.4, 0.5) is 11.4 Å². The Morgan fingerprint density at radius 1 is 0.833 bits per heavy atom. The lowest BCUT2D eigenvalue weighted by Crippen LogP contribution is -1.94. The van der Waals surface area contributed by atoms with Crippen LogP contribution in [0.3, 0.4) is 0 Å². The van der Waals surface area contributed by atoms with E-state index >= 15 is 0 Å². The van der Waals surface area contributed by atoms with Crippen LogP contribution >= 0.6 is 0 Å². The zero-order valence-electron chi connectivity index (χ0n) is 12.8. The molecular formula is C20H14N2O2. The van der Waals surface area contributed by atoms with E-state index in [0.29, 0.717) is 5.56 Å². The van der Waals surface area contributed by atoms with Crippen molar-refractivity contribution < 1.29 is 4.92 Å². The molecule has 1 heterocycles. The standard InChI is InChI=1S/C20H14N2O2/c23-22(24)20-8-4-3-7-17(20)15-9-10-19-18(13-15)16-6-2-1-5-14(16)11-12-21-19/h1-13,21H. The van der Waals surface area contributed by atoms with Crippen LogP contribution in [0.2, 0.25) is 0 Å². The van der Waals surface area contributed by atoms with Gasteiger partial charge in [0.1, 0.15) is 0 Å². The lowest BCUT2D eigenvalue weighted by Gasteiger charge is -2.12. The van der Waals surface area contributed by atoms with Gasteiger partial charge in [-0.1, -0.05) is 42.5 Å². The number of nitro groups is 1. The summed E-state index contributed by atoms with van der Waals surface area (Å²) in [5.41, 5.74) is 5.81. The van der Waals surface area contributed by atoms with Crippen LogP contribution < -0.4 is 5.32 Å². The molecule has 0 aromatic heterocycles. The van der Waals surface area contributed by atoms with E-state index in [-0.39, 0.29) is 10.6 Å².